The number of nitriles is 1. The summed E-state index contributed by atoms with van der Waals surface area (Å²) in [5, 5.41) is 11.3. The first-order chi connectivity index (χ1) is 7.58. The second kappa shape index (κ2) is 9.09. The van der Waals surface area contributed by atoms with E-state index in [1.807, 2.05) is 0 Å². The van der Waals surface area contributed by atoms with E-state index in [1.54, 1.807) is 0 Å². The molecule has 4 heteroatoms. The molecule has 0 fully saturated rings. The summed E-state index contributed by atoms with van der Waals surface area (Å²) in [7, 11) is 0.740. The largest absolute Gasteiger partial charge is 0.422 e. The van der Waals surface area contributed by atoms with E-state index in [-0.39, 0.29) is 5.60 Å². The first-order valence-corrected chi connectivity index (χ1v) is 7.88. The van der Waals surface area contributed by atoms with Gasteiger partial charge in [-0.25, -0.2) is 0 Å². The molecule has 1 unspecified atom stereocenters. The average molecular weight is 259 g/mol. The van der Waals surface area contributed by atoms with Gasteiger partial charge in [-0.2, -0.15) is 5.26 Å². The number of thiocyanates is 1. The molecule has 0 radical (unpaired) electrons. The van der Waals surface area contributed by atoms with Gasteiger partial charge in [0.2, 0.25) is 0 Å². The minimum atomic E-state index is -0.141. The molecule has 0 aliphatic carbocycles. The molecule has 94 valence electrons. The monoisotopic (exact) mass is 259 g/mol. The predicted molar refractivity (Wildman–Crippen MR) is 75.5 cm³/mol. The van der Waals surface area contributed by atoms with E-state index in [4.69, 9.17) is 9.69 Å². The summed E-state index contributed by atoms with van der Waals surface area (Å²) in [5.74, 6) is 0. The third-order valence-electron chi connectivity index (χ3n) is 3.07. The van der Waals surface area contributed by atoms with Gasteiger partial charge in [0, 0.05) is 5.25 Å². The van der Waals surface area contributed by atoms with Crippen LogP contribution in [0.3, 0.4) is 0 Å². The van der Waals surface area contributed by atoms with Crippen LogP contribution >= 0.6 is 11.8 Å². The van der Waals surface area contributed by atoms with E-state index in [0.717, 1.165) is 16.9 Å². The number of hydrogen-bond acceptors (Lipinski definition) is 3. The van der Waals surface area contributed by atoms with E-state index in [9.17, 15) is 0 Å². The molecule has 0 aromatic rings. The molecule has 0 saturated carbocycles. The van der Waals surface area contributed by atoms with Crippen molar-refractivity contribution in [2.24, 2.45) is 0 Å². The molecule has 0 rings (SSSR count). The van der Waals surface area contributed by atoms with E-state index >= 15 is 0 Å². The summed E-state index contributed by atoms with van der Waals surface area (Å²) in [6, 6.07) is 0. The normalized spacial score (nSPS) is 13.6. The van der Waals surface area contributed by atoms with Crippen molar-refractivity contribution in [2.45, 2.75) is 70.1 Å². The van der Waals surface area contributed by atoms with Crippen LogP contribution in [0.1, 0.15) is 59.3 Å². The Kier molecular flexibility index (Phi) is 9.10. The molecule has 0 aromatic heterocycles. The Morgan fingerprint density at radius 2 is 1.94 bits per heavy atom. The molecular weight excluding hydrogens is 234 g/mol. The Balaban J connectivity index is 3.91. The van der Waals surface area contributed by atoms with Crippen molar-refractivity contribution in [3.63, 3.8) is 0 Å². The number of rotatable bonds is 9. The highest BCUT2D eigenvalue weighted by Crippen LogP contribution is 2.29. The highest BCUT2D eigenvalue weighted by molar-refractivity contribution is 8.04. The lowest BCUT2D eigenvalue weighted by Crippen LogP contribution is -2.36. The first-order valence-electron chi connectivity index (χ1n) is 6.18. The summed E-state index contributed by atoms with van der Waals surface area (Å²) in [4.78, 5) is 0. The quantitative estimate of drug-likeness (QED) is 0.362. The van der Waals surface area contributed by atoms with Crippen molar-refractivity contribution in [2.75, 3.05) is 0 Å². The molecule has 0 aliphatic rings. The Morgan fingerprint density at radius 1 is 1.31 bits per heavy atom. The lowest BCUT2D eigenvalue weighted by atomic mass is 9.99. The fourth-order valence-corrected chi connectivity index (χ4v) is 2.92. The second-order valence-electron chi connectivity index (χ2n) is 4.71. The average Bonchev–Trinajstić information content (AvgIpc) is 2.27. The molecule has 1 atom stereocenters. The van der Waals surface area contributed by atoms with Gasteiger partial charge in [-0.05, 0) is 32.0 Å². The van der Waals surface area contributed by atoms with Crippen molar-refractivity contribution >= 4 is 22.2 Å². The van der Waals surface area contributed by atoms with Gasteiger partial charge in [0.05, 0.1) is 5.60 Å². The van der Waals surface area contributed by atoms with Crippen LogP contribution in [0.2, 0.25) is 0 Å². The van der Waals surface area contributed by atoms with Crippen LogP contribution in [0.15, 0.2) is 0 Å². The Hall–Kier alpha value is 0.0169. The fourth-order valence-electron chi connectivity index (χ4n) is 1.68. The topological polar surface area (TPSA) is 33.0 Å². The highest BCUT2D eigenvalue weighted by Gasteiger charge is 2.28. The van der Waals surface area contributed by atoms with Crippen LogP contribution in [0, 0.1) is 10.7 Å². The van der Waals surface area contributed by atoms with Gasteiger partial charge >= 0.3 is 0 Å². The van der Waals surface area contributed by atoms with Crippen LogP contribution < -0.4 is 0 Å². The maximum atomic E-state index is 8.81. The van der Waals surface area contributed by atoms with Crippen LogP contribution in [-0.2, 0) is 4.43 Å². The van der Waals surface area contributed by atoms with Gasteiger partial charge < -0.3 is 4.43 Å². The predicted octanol–water partition coefficient (Wildman–Crippen LogP) is 3.01. The van der Waals surface area contributed by atoms with Crippen molar-refractivity contribution in [1.29, 1.82) is 5.26 Å². The van der Waals surface area contributed by atoms with Gasteiger partial charge in [0.1, 0.15) is 15.9 Å². The molecule has 0 aromatic carbocycles. The Labute approximate surface area is 108 Å². The third kappa shape index (κ3) is 6.57. The van der Waals surface area contributed by atoms with Gasteiger partial charge in [-0.1, -0.05) is 39.0 Å². The van der Waals surface area contributed by atoms with E-state index in [0.29, 0.717) is 5.25 Å². The van der Waals surface area contributed by atoms with Crippen LogP contribution in [0.25, 0.3) is 0 Å². The van der Waals surface area contributed by atoms with Gasteiger partial charge in [0.25, 0.3) is 0 Å². The Bertz CT molecular complexity index is 216. The standard InChI is InChI=1S/C12H25NOSSi/c1-4-5-6-7-8-9-11(15-10-13)12(2,3)14-16/h11H,4-9H2,1-3,16H3. The van der Waals surface area contributed by atoms with Gasteiger partial charge in [0.15, 0.2) is 0 Å². The zero-order valence-corrected chi connectivity index (χ0v) is 13.9. The number of unbranched alkanes of at least 4 members (excludes halogenated alkanes) is 4. The summed E-state index contributed by atoms with van der Waals surface area (Å²) in [6.45, 7) is 6.43. The molecule has 0 heterocycles. The first kappa shape index (κ1) is 16.0. The second-order valence-corrected chi connectivity index (χ2v) is 6.10. The van der Waals surface area contributed by atoms with E-state index < -0.39 is 0 Å². The molecule has 0 aliphatic heterocycles. The molecule has 2 nitrogen and oxygen atoms in total. The zero-order chi connectivity index (χ0) is 12.4. The molecule has 0 N–H and O–H groups in total. The van der Waals surface area contributed by atoms with E-state index in [2.05, 4.69) is 26.2 Å². The van der Waals surface area contributed by atoms with Gasteiger partial charge in [-0.3, -0.25) is 0 Å². The van der Waals surface area contributed by atoms with Gasteiger partial charge in [-0.15, -0.1) is 0 Å². The minimum absolute atomic E-state index is 0.141. The molecule has 0 bridgehead atoms. The molecule has 16 heavy (non-hydrogen) atoms. The van der Waals surface area contributed by atoms with Crippen LogP contribution in [-0.4, -0.2) is 21.3 Å². The molecular formula is C12H25NOSSi. The summed E-state index contributed by atoms with van der Waals surface area (Å²) in [5.41, 5.74) is -0.141. The van der Waals surface area contributed by atoms with Crippen molar-refractivity contribution in [3.05, 3.63) is 0 Å². The maximum Gasteiger partial charge on any atom is 0.146 e. The smallest absolute Gasteiger partial charge is 0.146 e. The minimum Gasteiger partial charge on any atom is -0.422 e. The highest BCUT2D eigenvalue weighted by atomic mass is 32.2. The van der Waals surface area contributed by atoms with Crippen LogP contribution in [0.4, 0.5) is 0 Å². The summed E-state index contributed by atoms with van der Waals surface area (Å²) < 4.78 is 5.60. The lowest BCUT2D eigenvalue weighted by molar-refractivity contribution is 0.116. The zero-order valence-electron chi connectivity index (χ0n) is 11.1. The summed E-state index contributed by atoms with van der Waals surface area (Å²) >= 11 is 1.37. The summed E-state index contributed by atoms with van der Waals surface area (Å²) in [6.07, 6.45) is 7.53. The van der Waals surface area contributed by atoms with E-state index in [1.165, 1.54) is 43.9 Å². The fraction of sp³-hybridized carbons (Fsp3) is 0.917. The molecule has 0 amide bonds. The number of thioether (sulfide) groups is 1. The maximum absolute atomic E-state index is 8.81. The Morgan fingerprint density at radius 3 is 2.44 bits per heavy atom. The molecule has 0 spiro atoms. The SMILES string of the molecule is CCCCCCCC(SC#N)C(C)(C)O[SiH3]. The number of hydrogen-bond donors (Lipinski definition) is 0. The van der Waals surface area contributed by atoms with Crippen molar-refractivity contribution < 1.29 is 4.43 Å². The number of nitrogens with zero attached hydrogens (tertiary/aromatic N) is 1. The third-order valence-corrected chi connectivity index (χ3v) is 5.31. The van der Waals surface area contributed by atoms with Crippen molar-refractivity contribution in [1.82, 2.24) is 0 Å². The van der Waals surface area contributed by atoms with Crippen molar-refractivity contribution in [3.8, 4) is 5.40 Å². The van der Waals surface area contributed by atoms with Crippen LogP contribution in [0.5, 0.6) is 0 Å². The molecule has 0 saturated heterocycles. The lowest BCUT2D eigenvalue weighted by Gasteiger charge is -2.31.